The van der Waals surface area contributed by atoms with Gasteiger partial charge in [-0.1, -0.05) is 6.92 Å². The van der Waals surface area contributed by atoms with Crippen LogP contribution in [-0.2, 0) is 0 Å². The van der Waals surface area contributed by atoms with Crippen LogP contribution in [0.25, 0.3) is 0 Å². The average Bonchev–Trinajstić information content (AvgIpc) is 2.31. The molecule has 1 aromatic heterocycles. The highest BCUT2D eigenvalue weighted by Gasteiger charge is 2.26. The lowest BCUT2D eigenvalue weighted by atomic mass is 10.2. The fourth-order valence-electron chi connectivity index (χ4n) is 1.64. The minimum Gasteiger partial charge on any atom is -0.364 e. The number of hydrogen-bond donors (Lipinski definition) is 0. The Bertz CT molecular complexity index is 383. The molecule has 0 aliphatic carbocycles. The van der Waals surface area contributed by atoms with Crippen LogP contribution < -0.4 is 4.90 Å². The van der Waals surface area contributed by atoms with Crippen molar-refractivity contribution in [3.8, 4) is 0 Å². The summed E-state index contributed by atoms with van der Waals surface area (Å²) >= 11 is 0. The summed E-state index contributed by atoms with van der Waals surface area (Å²) in [5.41, 5.74) is -0.688. The molecular weight excluding hydrogens is 236 g/mol. The third-order valence-corrected chi connectivity index (χ3v) is 2.73. The van der Waals surface area contributed by atoms with Gasteiger partial charge in [0.25, 0.3) is 11.9 Å². The molecule has 1 unspecified atom stereocenters. The highest BCUT2D eigenvalue weighted by Crippen LogP contribution is 2.28. The molecule has 0 radical (unpaired) electrons. The summed E-state index contributed by atoms with van der Waals surface area (Å²) in [5.74, 6) is -6.15. The van der Waals surface area contributed by atoms with E-state index in [0.29, 0.717) is 6.42 Å². The molecule has 0 aliphatic heterocycles. The van der Waals surface area contributed by atoms with E-state index in [-0.39, 0.29) is 12.6 Å². The lowest BCUT2D eigenvalue weighted by molar-refractivity contribution is 0.402. The van der Waals surface area contributed by atoms with Crippen LogP contribution in [0, 0.1) is 23.5 Å². The average molecular weight is 250 g/mol. The first-order valence-electron chi connectivity index (χ1n) is 5.40. The predicted octanol–water partition coefficient (Wildman–Crippen LogP) is 3.26. The molecule has 1 rings (SSSR count). The third-order valence-electron chi connectivity index (χ3n) is 2.73. The molecule has 1 aromatic rings. The lowest BCUT2D eigenvalue weighted by Gasteiger charge is -2.29. The van der Waals surface area contributed by atoms with Gasteiger partial charge >= 0.3 is 0 Å². The van der Waals surface area contributed by atoms with Gasteiger partial charge in [0.2, 0.25) is 11.6 Å². The molecule has 1 atom stereocenters. The van der Waals surface area contributed by atoms with Gasteiger partial charge < -0.3 is 4.90 Å². The number of anilines is 1. The van der Waals surface area contributed by atoms with Crippen molar-refractivity contribution in [3.63, 3.8) is 0 Å². The molecule has 96 valence electrons. The van der Waals surface area contributed by atoms with Crippen molar-refractivity contribution in [1.82, 2.24) is 4.98 Å². The normalized spacial score (nSPS) is 12.6. The van der Waals surface area contributed by atoms with E-state index in [9.17, 15) is 17.6 Å². The van der Waals surface area contributed by atoms with Crippen molar-refractivity contribution in [2.24, 2.45) is 0 Å². The molecule has 0 fully saturated rings. The summed E-state index contributed by atoms with van der Waals surface area (Å²) in [5, 5.41) is 0. The number of hydrogen-bond acceptors (Lipinski definition) is 2. The van der Waals surface area contributed by atoms with Crippen LogP contribution in [0.3, 0.4) is 0 Å². The minimum absolute atomic E-state index is 0.231. The van der Waals surface area contributed by atoms with E-state index in [1.165, 1.54) is 4.90 Å². The van der Waals surface area contributed by atoms with E-state index in [2.05, 4.69) is 4.98 Å². The SMILES string of the molecule is CCC(C)N(CC)c1c(F)c(F)nc(F)c1F. The molecular formula is C11H14F4N2. The maximum absolute atomic E-state index is 13.5. The topological polar surface area (TPSA) is 16.1 Å². The summed E-state index contributed by atoms with van der Waals surface area (Å²) in [6, 6.07) is -0.231. The van der Waals surface area contributed by atoms with Gasteiger partial charge in [0.05, 0.1) is 0 Å². The Balaban J connectivity index is 3.37. The molecule has 0 spiro atoms. The molecule has 0 aromatic carbocycles. The molecule has 0 aliphatic rings. The summed E-state index contributed by atoms with van der Waals surface area (Å²) < 4.78 is 52.9. The van der Waals surface area contributed by atoms with Crippen molar-refractivity contribution < 1.29 is 17.6 Å². The zero-order chi connectivity index (χ0) is 13.2. The molecule has 0 N–H and O–H groups in total. The van der Waals surface area contributed by atoms with Crippen LogP contribution in [0.5, 0.6) is 0 Å². The van der Waals surface area contributed by atoms with Gasteiger partial charge in [-0.05, 0) is 20.3 Å². The number of aromatic nitrogens is 1. The van der Waals surface area contributed by atoms with Crippen molar-refractivity contribution in [2.45, 2.75) is 33.2 Å². The number of nitrogens with zero attached hydrogens (tertiary/aromatic N) is 2. The van der Waals surface area contributed by atoms with Crippen molar-refractivity contribution >= 4 is 5.69 Å². The second-order valence-corrected chi connectivity index (χ2v) is 3.71. The first kappa shape index (κ1) is 13.7. The molecule has 6 heteroatoms. The fourth-order valence-corrected chi connectivity index (χ4v) is 1.64. The molecule has 1 heterocycles. The number of pyridine rings is 1. The van der Waals surface area contributed by atoms with E-state index in [4.69, 9.17) is 0 Å². The Labute approximate surface area is 97.3 Å². The highest BCUT2D eigenvalue weighted by molar-refractivity contribution is 5.49. The number of halogens is 4. The van der Waals surface area contributed by atoms with Gasteiger partial charge in [-0.2, -0.15) is 22.5 Å². The third kappa shape index (κ3) is 2.50. The standard InChI is InChI=1S/C11H14F4N2/c1-4-6(3)17(5-2)9-7(12)10(14)16-11(15)8(9)13/h6H,4-5H2,1-3H3. The summed E-state index contributed by atoms with van der Waals surface area (Å²) in [6.45, 7) is 5.43. The van der Waals surface area contributed by atoms with E-state index in [1.807, 2.05) is 6.92 Å². The van der Waals surface area contributed by atoms with Crippen LogP contribution in [0.2, 0.25) is 0 Å². The van der Waals surface area contributed by atoms with E-state index in [1.54, 1.807) is 13.8 Å². The van der Waals surface area contributed by atoms with Crippen LogP contribution in [0.15, 0.2) is 0 Å². The molecule has 0 amide bonds. The largest absolute Gasteiger partial charge is 0.364 e. The number of rotatable bonds is 4. The molecule has 0 saturated heterocycles. The van der Waals surface area contributed by atoms with Crippen LogP contribution in [0.4, 0.5) is 23.2 Å². The van der Waals surface area contributed by atoms with Gasteiger partial charge in [-0.25, -0.2) is 0 Å². The highest BCUT2D eigenvalue weighted by atomic mass is 19.2. The molecule has 17 heavy (non-hydrogen) atoms. The van der Waals surface area contributed by atoms with E-state index in [0.717, 1.165) is 0 Å². The Morgan fingerprint density at radius 3 is 1.88 bits per heavy atom. The first-order chi connectivity index (χ1) is 7.93. The van der Waals surface area contributed by atoms with Crippen molar-refractivity contribution in [3.05, 3.63) is 23.5 Å². The Hall–Kier alpha value is -1.33. The van der Waals surface area contributed by atoms with E-state index < -0.39 is 29.2 Å². The summed E-state index contributed by atoms with van der Waals surface area (Å²) in [6.07, 6.45) is 0.596. The van der Waals surface area contributed by atoms with Crippen molar-refractivity contribution in [2.75, 3.05) is 11.4 Å². The summed E-state index contributed by atoms with van der Waals surface area (Å²) in [4.78, 5) is 3.80. The van der Waals surface area contributed by atoms with Crippen LogP contribution in [0.1, 0.15) is 27.2 Å². The van der Waals surface area contributed by atoms with Gasteiger partial charge in [0.15, 0.2) is 0 Å². The lowest BCUT2D eigenvalue weighted by Crippen LogP contribution is -2.34. The molecule has 2 nitrogen and oxygen atoms in total. The molecule has 0 saturated carbocycles. The smallest absolute Gasteiger partial charge is 0.253 e. The first-order valence-corrected chi connectivity index (χ1v) is 5.40. The van der Waals surface area contributed by atoms with Gasteiger partial charge in [-0.15, -0.1) is 0 Å². The van der Waals surface area contributed by atoms with Gasteiger partial charge in [-0.3, -0.25) is 0 Å². The molecule has 0 bridgehead atoms. The van der Waals surface area contributed by atoms with Gasteiger partial charge in [0.1, 0.15) is 5.69 Å². The Kier molecular flexibility index (Phi) is 4.31. The van der Waals surface area contributed by atoms with Crippen LogP contribution in [-0.4, -0.2) is 17.6 Å². The minimum atomic E-state index is -1.62. The van der Waals surface area contributed by atoms with Crippen molar-refractivity contribution in [1.29, 1.82) is 0 Å². The maximum Gasteiger partial charge on any atom is 0.253 e. The quantitative estimate of drug-likeness (QED) is 0.602. The fraction of sp³-hybridized carbons (Fsp3) is 0.545. The monoisotopic (exact) mass is 250 g/mol. The zero-order valence-electron chi connectivity index (χ0n) is 9.90. The predicted molar refractivity (Wildman–Crippen MR) is 56.8 cm³/mol. The maximum atomic E-state index is 13.5. The second kappa shape index (κ2) is 5.33. The van der Waals surface area contributed by atoms with E-state index >= 15 is 0 Å². The Morgan fingerprint density at radius 1 is 1.06 bits per heavy atom. The second-order valence-electron chi connectivity index (χ2n) is 3.71. The summed E-state index contributed by atoms with van der Waals surface area (Å²) in [7, 11) is 0. The van der Waals surface area contributed by atoms with Gasteiger partial charge in [0, 0.05) is 12.6 Å². The Morgan fingerprint density at radius 2 is 1.53 bits per heavy atom. The zero-order valence-corrected chi connectivity index (χ0v) is 9.90. The van der Waals surface area contributed by atoms with Crippen LogP contribution >= 0.6 is 0 Å².